The molecule has 1 aromatic heterocycles. The normalized spacial score (nSPS) is 20.2. The van der Waals surface area contributed by atoms with E-state index in [1.54, 1.807) is 0 Å². The molecule has 1 N–H and O–H groups in total. The summed E-state index contributed by atoms with van der Waals surface area (Å²) in [5, 5.41) is 0.679. The molecule has 0 saturated heterocycles. The molecule has 0 bridgehead atoms. The lowest BCUT2D eigenvalue weighted by Gasteiger charge is -2.22. The van der Waals surface area contributed by atoms with Gasteiger partial charge in [0.05, 0.1) is 0 Å². The van der Waals surface area contributed by atoms with Gasteiger partial charge in [-0.3, -0.25) is 4.79 Å². The van der Waals surface area contributed by atoms with Gasteiger partial charge in [-0.25, -0.2) is 4.79 Å². The number of carbonyl (C=O) groups excluding carboxylic acids is 2. The van der Waals surface area contributed by atoms with E-state index < -0.39 is 0 Å². The van der Waals surface area contributed by atoms with Crippen LogP contribution in [0.2, 0.25) is 5.02 Å². The number of ether oxygens (including phenoxy) is 1. The first-order valence-corrected chi connectivity index (χ1v) is 9.62. The topological polar surface area (TPSA) is 59.2 Å². The average molecular weight is 372 g/mol. The maximum atomic E-state index is 12.8. The predicted molar refractivity (Wildman–Crippen MR) is 100 cm³/mol. The van der Waals surface area contributed by atoms with E-state index in [0.717, 1.165) is 36.9 Å². The fourth-order valence-electron chi connectivity index (χ4n) is 4.28. The van der Waals surface area contributed by atoms with Crippen molar-refractivity contribution < 1.29 is 14.3 Å². The number of hydrogen-bond acceptors (Lipinski definition) is 3. The lowest BCUT2D eigenvalue weighted by Crippen LogP contribution is -2.18. The highest BCUT2D eigenvalue weighted by molar-refractivity contribution is 6.31. The van der Waals surface area contributed by atoms with E-state index in [4.69, 9.17) is 16.3 Å². The summed E-state index contributed by atoms with van der Waals surface area (Å²) in [7, 11) is 0. The van der Waals surface area contributed by atoms with Crippen LogP contribution in [0.5, 0.6) is 0 Å². The maximum Gasteiger partial charge on any atom is 0.355 e. The largest absolute Gasteiger partial charge is 0.458 e. The summed E-state index contributed by atoms with van der Waals surface area (Å²) in [6.07, 6.45) is 5.16. The Balaban J connectivity index is 1.61. The molecule has 136 valence electrons. The van der Waals surface area contributed by atoms with Crippen molar-refractivity contribution in [1.82, 2.24) is 4.98 Å². The number of Topliss-reactive ketones (excluding diaryl/α,β-unsaturated/α-hetero) is 1. The van der Waals surface area contributed by atoms with Crippen LogP contribution in [-0.2, 0) is 11.2 Å². The SMILES string of the molecule is Cc1c(C(=O)OC2CCCC2)[nH]c2c1C(=O)CC(c1ccccc1Cl)C2. The minimum Gasteiger partial charge on any atom is -0.458 e. The molecule has 2 aliphatic carbocycles. The van der Waals surface area contributed by atoms with E-state index in [9.17, 15) is 9.59 Å². The van der Waals surface area contributed by atoms with Crippen molar-refractivity contribution in [2.75, 3.05) is 0 Å². The Morgan fingerprint density at radius 3 is 2.65 bits per heavy atom. The molecule has 1 heterocycles. The number of nitrogens with one attached hydrogen (secondary N) is 1. The van der Waals surface area contributed by atoms with Crippen LogP contribution in [0, 0.1) is 6.92 Å². The van der Waals surface area contributed by atoms with Gasteiger partial charge in [0.1, 0.15) is 11.8 Å². The summed E-state index contributed by atoms with van der Waals surface area (Å²) in [6.45, 7) is 1.83. The van der Waals surface area contributed by atoms with Crippen molar-refractivity contribution in [3.63, 3.8) is 0 Å². The summed E-state index contributed by atoms with van der Waals surface area (Å²) >= 11 is 6.32. The summed E-state index contributed by atoms with van der Waals surface area (Å²) in [5.74, 6) is -0.254. The monoisotopic (exact) mass is 371 g/mol. The summed E-state index contributed by atoms with van der Waals surface area (Å²) in [4.78, 5) is 28.5. The van der Waals surface area contributed by atoms with Gasteiger partial charge in [0, 0.05) is 22.7 Å². The summed E-state index contributed by atoms with van der Waals surface area (Å²) in [5.41, 5.74) is 3.60. The summed E-state index contributed by atoms with van der Waals surface area (Å²) in [6, 6.07) is 7.64. The zero-order valence-electron chi connectivity index (χ0n) is 14.8. The van der Waals surface area contributed by atoms with Crippen LogP contribution in [0.3, 0.4) is 0 Å². The highest BCUT2D eigenvalue weighted by Crippen LogP contribution is 2.37. The second-order valence-corrected chi connectivity index (χ2v) is 7.75. The molecule has 4 rings (SSSR count). The lowest BCUT2D eigenvalue weighted by atomic mass is 9.81. The first-order valence-electron chi connectivity index (χ1n) is 9.24. The van der Waals surface area contributed by atoms with Crippen molar-refractivity contribution >= 4 is 23.4 Å². The van der Waals surface area contributed by atoms with Gasteiger partial charge >= 0.3 is 5.97 Å². The number of benzene rings is 1. The van der Waals surface area contributed by atoms with Gasteiger partial charge in [0.25, 0.3) is 0 Å². The Bertz CT molecular complexity index is 864. The Morgan fingerprint density at radius 2 is 1.92 bits per heavy atom. The Labute approximate surface area is 157 Å². The van der Waals surface area contributed by atoms with E-state index in [2.05, 4.69) is 4.98 Å². The quantitative estimate of drug-likeness (QED) is 0.773. The van der Waals surface area contributed by atoms with Gasteiger partial charge in [0.2, 0.25) is 0 Å². The highest BCUT2D eigenvalue weighted by Gasteiger charge is 2.33. The minimum atomic E-state index is -0.342. The van der Waals surface area contributed by atoms with Crippen molar-refractivity contribution in [2.45, 2.75) is 57.5 Å². The molecule has 5 heteroatoms. The van der Waals surface area contributed by atoms with E-state index in [1.807, 2.05) is 31.2 Å². The molecule has 1 unspecified atom stereocenters. The van der Waals surface area contributed by atoms with Gasteiger partial charge in [-0.2, -0.15) is 0 Å². The van der Waals surface area contributed by atoms with Crippen molar-refractivity contribution in [3.05, 3.63) is 57.4 Å². The number of carbonyl (C=O) groups is 2. The summed E-state index contributed by atoms with van der Waals surface area (Å²) < 4.78 is 5.62. The third kappa shape index (κ3) is 3.07. The van der Waals surface area contributed by atoms with Crippen molar-refractivity contribution in [1.29, 1.82) is 0 Å². The highest BCUT2D eigenvalue weighted by atomic mass is 35.5. The smallest absolute Gasteiger partial charge is 0.355 e. The molecule has 0 radical (unpaired) electrons. The van der Waals surface area contributed by atoms with Gasteiger partial charge in [-0.05, 0) is 62.1 Å². The molecule has 26 heavy (non-hydrogen) atoms. The molecular formula is C21H22ClNO3. The molecule has 1 fully saturated rings. The van der Waals surface area contributed by atoms with Gasteiger partial charge < -0.3 is 9.72 Å². The molecule has 1 saturated carbocycles. The van der Waals surface area contributed by atoms with E-state index >= 15 is 0 Å². The van der Waals surface area contributed by atoms with Crippen LogP contribution in [-0.4, -0.2) is 22.8 Å². The van der Waals surface area contributed by atoms with Gasteiger partial charge in [0.15, 0.2) is 5.78 Å². The first-order chi connectivity index (χ1) is 12.5. The predicted octanol–water partition coefficient (Wildman–Crippen LogP) is 4.99. The Morgan fingerprint density at radius 1 is 1.19 bits per heavy atom. The van der Waals surface area contributed by atoms with Crippen LogP contribution in [0.25, 0.3) is 0 Å². The number of fused-ring (bicyclic) bond motifs is 1. The number of aromatic amines is 1. The number of halogens is 1. The third-order valence-corrected chi connectivity index (χ3v) is 5.96. The molecule has 4 nitrogen and oxygen atoms in total. The zero-order valence-corrected chi connectivity index (χ0v) is 15.6. The van der Waals surface area contributed by atoms with Crippen LogP contribution in [0.1, 0.15) is 75.7 Å². The van der Waals surface area contributed by atoms with E-state index in [1.165, 1.54) is 0 Å². The fourth-order valence-corrected chi connectivity index (χ4v) is 4.57. The van der Waals surface area contributed by atoms with Crippen LogP contribution < -0.4 is 0 Å². The second kappa shape index (κ2) is 6.92. The van der Waals surface area contributed by atoms with Crippen LogP contribution >= 0.6 is 11.6 Å². The molecule has 1 aromatic carbocycles. The van der Waals surface area contributed by atoms with E-state index in [0.29, 0.717) is 34.7 Å². The fraction of sp³-hybridized carbons (Fsp3) is 0.429. The average Bonchev–Trinajstić information content (AvgIpc) is 3.23. The molecular weight excluding hydrogens is 350 g/mol. The number of hydrogen-bond donors (Lipinski definition) is 1. The Kier molecular flexibility index (Phi) is 4.62. The van der Waals surface area contributed by atoms with Crippen molar-refractivity contribution in [3.8, 4) is 0 Å². The zero-order chi connectivity index (χ0) is 18.3. The van der Waals surface area contributed by atoms with Gasteiger partial charge in [-0.15, -0.1) is 0 Å². The first kappa shape index (κ1) is 17.3. The van der Waals surface area contributed by atoms with Crippen molar-refractivity contribution in [2.24, 2.45) is 0 Å². The lowest BCUT2D eigenvalue weighted by molar-refractivity contribution is 0.0310. The molecule has 0 aliphatic heterocycles. The Hall–Kier alpha value is -2.07. The minimum absolute atomic E-state index is 0.00815. The molecule has 0 spiro atoms. The van der Waals surface area contributed by atoms with Crippen LogP contribution in [0.4, 0.5) is 0 Å². The van der Waals surface area contributed by atoms with E-state index in [-0.39, 0.29) is 23.8 Å². The molecule has 2 aliphatic rings. The number of esters is 1. The number of H-pyrrole nitrogens is 1. The number of ketones is 1. The standard InChI is InChI=1S/C21H22ClNO3/c1-12-19-17(23-20(12)21(25)26-14-6-2-3-7-14)10-13(11-18(19)24)15-8-4-5-9-16(15)22/h4-5,8-9,13-14,23H,2-3,6-7,10-11H2,1H3. The maximum absolute atomic E-state index is 12.8. The third-order valence-electron chi connectivity index (χ3n) is 5.61. The van der Waals surface area contributed by atoms with Crippen LogP contribution in [0.15, 0.2) is 24.3 Å². The van der Waals surface area contributed by atoms with Gasteiger partial charge in [-0.1, -0.05) is 29.8 Å². The molecule has 1 atom stereocenters. The molecule has 2 aromatic rings. The number of rotatable bonds is 3. The molecule has 0 amide bonds. The second-order valence-electron chi connectivity index (χ2n) is 7.34. The number of aromatic nitrogens is 1.